The Balaban J connectivity index is 2.52. The molecule has 1 aromatic rings. The molecular formula is C9H12N2O3. The number of anilines is 1. The Morgan fingerprint density at radius 1 is 1.71 bits per heavy atom. The first-order chi connectivity index (χ1) is 6.74. The second-order valence-electron chi connectivity index (χ2n) is 2.68. The zero-order chi connectivity index (χ0) is 10.4. The van der Waals surface area contributed by atoms with Crippen LogP contribution >= 0.6 is 0 Å². The van der Waals surface area contributed by atoms with Gasteiger partial charge < -0.3 is 9.84 Å². The average molecular weight is 196 g/mol. The Bertz CT molecular complexity index is 315. The molecule has 1 heterocycles. The van der Waals surface area contributed by atoms with Gasteiger partial charge >= 0.3 is 6.09 Å². The van der Waals surface area contributed by atoms with Crippen molar-refractivity contribution >= 4 is 11.8 Å². The number of aryl methyl sites for hydroxylation is 1. The molecule has 1 amide bonds. The zero-order valence-corrected chi connectivity index (χ0v) is 7.86. The van der Waals surface area contributed by atoms with Crippen molar-refractivity contribution in [3.05, 3.63) is 24.0 Å². The lowest BCUT2D eigenvalue weighted by atomic mass is 10.3. The topological polar surface area (TPSA) is 71.5 Å². The molecule has 0 bridgehead atoms. The van der Waals surface area contributed by atoms with E-state index >= 15 is 0 Å². The SMILES string of the molecule is Cc1cnccc1NC(=O)OCCO. The number of aliphatic hydroxyl groups excluding tert-OH is 1. The van der Waals surface area contributed by atoms with E-state index < -0.39 is 6.09 Å². The first kappa shape index (κ1) is 10.5. The summed E-state index contributed by atoms with van der Waals surface area (Å²) >= 11 is 0. The van der Waals surface area contributed by atoms with Crippen molar-refractivity contribution < 1.29 is 14.6 Å². The van der Waals surface area contributed by atoms with Crippen LogP contribution in [0.2, 0.25) is 0 Å². The van der Waals surface area contributed by atoms with Crippen molar-refractivity contribution in [3.8, 4) is 0 Å². The molecule has 0 saturated carbocycles. The molecule has 5 heteroatoms. The molecule has 5 nitrogen and oxygen atoms in total. The maximum Gasteiger partial charge on any atom is 0.411 e. The van der Waals surface area contributed by atoms with Gasteiger partial charge in [-0.25, -0.2) is 4.79 Å². The minimum atomic E-state index is -0.576. The molecular weight excluding hydrogens is 184 g/mol. The lowest BCUT2D eigenvalue weighted by Gasteiger charge is -2.07. The first-order valence-corrected chi connectivity index (χ1v) is 4.19. The Kier molecular flexibility index (Phi) is 3.87. The largest absolute Gasteiger partial charge is 0.447 e. The molecule has 0 aliphatic carbocycles. The first-order valence-electron chi connectivity index (χ1n) is 4.19. The summed E-state index contributed by atoms with van der Waals surface area (Å²) in [5.74, 6) is 0. The third-order valence-corrected chi connectivity index (χ3v) is 1.58. The van der Waals surface area contributed by atoms with Crippen LogP contribution in [0.1, 0.15) is 5.56 Å². The van der Waals surface area contributed by atoms with E-state index in [9.17, 15) is 4.79 Å². The molecule has 0 spiro atoms. The van der Waals surface area contributed by atoms with Crippen molar-refractivity contribution in [3.63, 3.8) is 0 Å². The van der Waals surface area contributed by atoms with Gasteiger partial charge in [-0.3, -0.25) is 10.3 Å². The van der Waals surface area contributed by atoms with Gasteiger partial charge in [0.15, 0.2) is 0 Å². The predicted molar refractivity (Wildman–Crippen MR) is 51.0 cm³/mol. The van der Waals surface area contributed by atoms with Crippen molar-refractivity contribution in [1.82, 2.24) is 4.98 Å². The van der Waals surface area contributed by atoms with E-state index in [1.165, 1.54) is 0 Å². The van der Waals surface area contributed by atoms with Gasteiger partial charge in [0.2, 0.25) is 0 Å². The van der Waals surface area contributed by atoms with Crippen LogP contribution in [0.25, 0.3) is 0 Å². The number of rotatable bonds is 3. The van der Waals surface area contributed by atoms with Crippen LogP contribution in [0, 0.1) is 6.92 Å². The average Bonchev–Trinajstić information content (AvgIpc) is 2.18. The van der Waals surface area contributed by atoms with Crippen LogP contribution in [0.4, 0.5) is 10.5 Å². The van der Waals surface area contributed by atoms with E-state index in [4.69, 9.17) is 5.11 Å². The van der Waals surface area contributed by atoms with Crippen LogP contribution in [0.15, 0.2) is 18.5 Å². The number of carbonyl (C=O) groups excluding carboxylic acids is 1. The fourth-order valence-electron chi connectivity index (χ4n) is 0.898. The van der Waals surface area contributed by atoms with Crippen LogP contribution in [0.3, 0.4) is 0 Å². The summed E-state index contributed by atoms with van der Waals surface area (Å²) < 4.78 is 4.63. The summed E-state index contributed by atoms with van der Waals surface area (Å²) in [4.78, 5) is 14.9. The van der Waals surface area contributed by atoms with Crippen molar-refractivity contribution in [2.75, 3.05) is 18.5 Å². The molecule has 1 rings (SSSR count). The molecule has 14 heavy (non-hydrogen) atoms. The third kappa shape index (κ3) is 3.02. The number of hydrogen-bond donors (Lipinski definition) is 2. The fourth-order valence-corrected chi connectivity index (χ4v) is 0.898. The highest BCUT2D eigenvalue weighted by molar-refractivity contribution is 5.85. The molecule has 1 aromatic heterocycles. The molecule has 76 valence electrons. The van der Waals surface area contributed by atoms with E-state index in [-0.39, 0.29) is 13.2 Å². The number of carbonyl (C=O) groups is 1. The molecule has 0 aromatic carbocycles. The van der Waals surface area contributed by atoms with Gasteiger partial charge in [0.25, 0.3) is 0 Å². The molecule has 0 saturated heterocycles. The number of ether oxygens (including phenoxy) is 1. The van der Waals surface area contributed by atoms with E-state index in [1.54, 1.807) is 18.5 Å². The Morgan fingerprint density at radius 3 is 3.14 bits per heavy atom. The summed E-state index contributed by atoms with van der Waals surface area (Å²) in [5, 5.41) is 11.0. The Labute approximate surface area is 81.7 Å². The minimum absolute atomic E-state index is 0.00400. The smallest absolute Gasteiger partial charge is 0.411 e. The molecule has 0 aliphatic heterocycles. The highest BCUT2D eigenvalue weighted by Gasteiger charge is 2.03. The van der Waals surface area contributed by atoms with Crippen LogP contribution in [-0.2, 0) is 4.74 Å². The molecule has 0 aliphatic rings. The Morgan fingerprint density at radius 2 is 2.50 bits per heavy atom. The van der Waals surface area contributed by atoms with Crippen molar-refractivity contribution in [2.45, 2.75) is 6.92 Å². The Hall–Kier alpha value is -1.62. The monoisotopic (exact) mass is 196 g/mol. The molecule has 0 radical (unpaired) electrons. The minimum Gasteiger partial charge on any atom is -0.447 e. The lowest BCUT2D eigenvalue weighted by molar-refractivity contribution is 0.131. The predicted octanol–water partition coefficient (Wildman–Crippen LogP) is 0.931. The molecule has 0 unspecified atom stereocenters. The van der Waals surface area contributed by atoms with Gasteiger partial charge in [-0.2, -0.15) is 0 Å². The molecule has 2 N–H and O–H groups in total. The lowest BCUT2D eigenvalue weighted by Crippen LogP contribution is -2.16. The molecule has 0 fully saturated rings. The van der Waals surface area contributed by atoms with Crippen molar-refractivity contribution in [1.29, 1.82) is 0 Å². The standard InChI is InChI=1S/C9H12N2O3/c1-7-6-10-3-2-8(7)11-9(13)14-5-4-12/h2-3,6,12H,4-5H2,1H3,(H,10,11,13). The van der Waals surface area contributed by atoms with E-state index in [1.807, 2.05) is 6.92 Å². The van der Waals surface area contributed by atoms with Gasteiger partial charge in [0.1, 0.15) is 6.61 Å². The second kappa shape index (κ2) is 5.18. The number of amides is 1. The van der Waals surface area contributed by atoms with Gasteiger partial charge in [0, 0.05) is 18.1 Å². The van der Waals surface area contributed by atoms with E-state index in [2.05, 4.69) is 15.0 Å². The quantitative estimate of drug-likeness (QED) is 0.754. The zero-order valence-electron chi connectivity index (χ0n) is 7.86. The van der Waals surface area contributed by atoms with Gasteiger partial charge in [-0.15, -0.1) is 0 Å². The van der Waals surface area contributed by atoms with Gasteiger partial charge in [0.05, 0.1) is 6.61 Å². The van der Waals surface area contributed by atoms with Crippen molar-refractivity contribution in [2.24, 2.45) is 0 Å². The summed E-state index contributed by atoms with van der Waals surface area (Å²) in [6.07, 6.45) is 2.64. The summed E-state index contributed by atoms with van der Waals surface area (Å²) in [5.41, 5.74) is 1.51. The maximum absolute atomic E-state index is 11.1. The number of aliphatic hydroxyl groups is 1. The van der Waals surface area contributed by atoms with Gasteiger partial charge in [-0.05, 0) is 18.6 Å². The summed E-state index contributed by atoms with van der Waals surface area (Å²) in [6.45, 7) is 1.65. The van der Waals surface area contributed by atoms with Crippen LogP contribution < -0.4 is 5.32 Å². The fraction of sp³-hybridized carbons (Fsp3) is 0.333. The normalized spacial score (nSPS) is 9.57. The number of nitrogens with one attached hydrogen (secondary N) is 1. The number of pyridine rings is 1. The van der Waals surface area contributed by atoms with Gasteiger partial charge in [-0.1, -0.05) is 0 Å². The van der Waals surface area contributed by atoms with Crippen LogP contribution in [0.5, 0.6) is 0 Å². The summed E-state index contributed by atoms with van der Waals surface area (Å²) in [6, 6.07) is 1.68. The maximum atomic E-state index is 11.1. The molecule has 0 atom stereocenters. The van der Waals surface area contributed by atoms with E-state index in [0.717, 1.165) is 5.56 Å². The highest BCUT2D eigenvalue weighted by Crippen LogP contribution is 2.11. The number of hydrogen-bond acceptors (Lipinski definition) is 4. The van der Waals surface area contributed by atoms with E-state index in [0.29, 0.717) is 5.69 Å². The number of aromatic nitrogens is 1. The second-order valence-corrected chi connectivity index (χ2v) is 2.68. The number of nitrogens with zero attached hydrogens (tertiary/aromatic N) is 1. The van der Waals surface area contributed by atoms with Crippen LogP contribution in [-0.4, -0.2) is 29.4 Å². The third-order valence-electron chi connectivity index (χ3n) is 1.58. The highest BCUT2D eigenvalue weighted by atomic mass is 16.6. The summed E-state index contributed by atoms with van der Waals surface area (Å²) in [7, 11) is 0.